The maximum Gasteiger partial charge on any atom is 0.329 e. The average molecular weight is 612 g/mol. The second kappa shape index (κ2) is 12.9. The summed E-state index contributed by atoms with van der Waals surface area (Å²) in [5, 5.41) is 28.3. The Hall–Kier alpha value is -4.34. The lowest BCUT2D eigenvalue weighted by atomic mass is 9.90. The van der Waals surface area contributed by atoms with Crippen molar-refractivity contribution >= 4 is 23.7 Å². The monoisotopic (exact) mass is 611 g/mol. The summed E-state index contributed by atoms with van der Waals surface area (Å²) in [6, 6.07) is -0.219. The minimum atomic E-state index is -2.08. The van der Waals surface area contributed by atoms with Gasteiger partial charge < -0.3 is 30.9 Å². The van der Waals surface area contributed by atoms with Gasteiger partial charge in [-0.25, -0.2) is 14.2 Å². The van der Waals surface area contributed by atoms with Crippen molar-refractivity contribution in [2.45, 2.75) is 57.4 Å². The van der Waals surface area contributed by atoms with E-state index in [1.54, 1.807) is 0 Å². The van der Waals surface area contributed by atoms with E-state index in [4.69, 9.17) is 4.74 Å². The molecule has 0 radical (unpaired) electrons. The van der Waals surface area contributed by atoms with Crippen LogP contribution in [-0.2, 0) is 25.5 Å². The summed E-state index contributed by atoms with van der Waals surface area (Å²) in [5.74, 6) is -14.9. The molecular weight excluding hydrogens is 582 g/mol. The van der Waals surface area contributed by atoms with Crippen molar-refractivity contribution < 1.29 is 51.7 Å². The number of nitrogens with zero attached hydrogens (tertiary/aromatic N) is 2. The molecule has 1 saturated heterocycles. The molecule has 0 bridgehead atoms. The Bertz CT molecular complexity index is 1430. The molecule has 16 heteroatoms. The first-order chi connectivity index (χ1) is 20.3. The average Bonchev–Trinajstić information content (AvgIpc) is 3.80. The molecule has 4 rings (SSSR count). The second-order valence-electron chi connectivity index (χ2n) is 10.6. The van der Waals surface area contributed by atoms with Crippen LogP contribution in [0.5, 0.6) is 5.75 Å². The fourth-order valence-corrected chi connectivity index (χ4v) is 4.71. The van der Waals surface area contributed by atoms with Crippen LogP contribution in [0.25, 0.3) is 0 Å². The van der Waals surface area contributed by atoms with Gasteiger partial charge in [-0.2, -0.15) is 18.2 Å². The second-order valence-corrected chi connectivity index (χ2v) is 10.6. The minimum absolute atomic E-state index is 0.276. The molecule has 2 aliphatic rings. The van der Waals surface area contributed by atoms with Crippen LogP contribution in [0, 0.1) is 41.3 Å². The van der Waals surface area contributed by atoms with Gasteiger partial charge in [0.25, 0.3) is 11.9 Å². The summed E-state index contributed by atoms with van der Waals surface area (Å²) in [6.45, 7) is 2.05. The summed E-state index contributed by atoms with van der Waals surface area (Å²) in [7, 11) is 0. The fourth-order valence-electron chi connectivity index (χ4n) is 4.71. The summed E-state index contributed by atoms with van der Waals surface area (Å²) < 4.78 is 61.9. The highest BCUT2D eigenvalue weighted by Crippen LogP contribution is 2.34. The van der Waals surface area contributed by atoms with Gasteiger partial charge in [0, 0.05) is 24.7 Å². The van der Waals surface area contributed by atoms with Crippen molar-refractivity contribution in [1.82, 2.24) is 25.9 Å². The largest absolute Gasteiger partial charge is 0.505 e. The number of hydrogen-bond donors (Lipinski definition) is 5. The number of nitrogens with one attached hydrogen (secondary N) is 3. The minimum Gasteiger partial charge on any atom is -0.505 e. The molecule has 6 atom stereocenters. The fraction of sp³-hybridized carbons (Fsp3) is 0.481. The van der Waals surface area contributed by atoms with Crippen LogP contribution < -0.4 is 16.0 Å². The predicted octanol–water partition coefficient (Wildman–Crippen LogP) is 0.649. The number of aromatic hydroxyl groups is 1. The van der Waals surface area contributed by atoms with Crippen LogP contribution in [0.2, 0.25) is 0 Å². The normalized spacial score (nSPS) is 26.8. The van der Waals surface area contributed by atoms with E-state index in [1.807, 2.05) is 0 Å². The highest BCUT2D eigenvalue weighted by atomic mass is 19.2. The molecule has 43 heavy (non-hydrogen) atoms. The van der Waals surface area contributed by atoms with E-state index in [1.165, 1.54) is 32.2 Å². The van der Waals surface area contributed by atoms with Crippen molar-refractivity contribution in [3.63, 3.8) is 0 Å². The molecule has 1 aliphatic heterocycles. The number of aliphatic hydroxyl groups is 1. The number of pyridine rings is 2. The van der Waals surface area contributed by atoms with Crippen LogP contribution in [0.4, 0.5) is 17.6 Å². The van der Waals surface area contributed by atoms with Crippen LogP contribution in [0.1, 0.15) is 42.7 Å². The van der Waals surface area contributed by atoms with Crippen molar-refractivity contribution in [3.8, 4) is 5.75 Å². The molecule has 1 unspecified atom stereocenters. The van der Waals surface area contributed by atoms with Crippen LogP contribution in [-0.4, -0.2) is 74.7 Å². The number of aliphatic hydroxyl groups excluding tert-OH is 1. The van der Waals surface area contributed by atoms with E-state index in [0.29, 0.717) is 12.8 Å². The maximum absolute atomic E-state index is 14.6. The van der Waals surface area contributed by atoms with Crippen molar-refractivity contribution in [3.05, 3.63) is 53.1 Å². The number of carbonyl (C=O) groups is 4. The zero-order valence-electron chi connectivity index (χ0n) is 22.9. The van der Waals surface area contributed by atoms with Gasteiger partial charge in [0.15, 0.2) is 11.5 Å². The van der Waals surface area contributed by atoms with Gasteiger partial charge in [-0.15, -0.1) is 0 Å². The molecule has 2 aromatic rings. The molecule has 232 valence electrons. The van der Waals surface area contributed by atoms with Gasteiger partial charge in [-0.3, -0.25) is 14.4 Å². The molecule has 2 fully saturated rings. The number of hydrogen-bond acceptors (Lipinski definition) is 9. The van der Waals surface area contributed by atoms with E-state index >= 15 is 0 Å². The van der Waals surface area contributed by atoms with E-state index in [9.17, 15) is 47.0 Å². The molecule has 1 aliphatic carbocycles. The third-order valence-corrected chi connectivity index (χ3v) is 7.51. The predicted molar refractivity (Wildman–Crippen MR) is 137 cm³/mol. The molecule has 5 N–H and O–H groups in total. The molecule has 12 nitrogen and oxygen atoms in total. The lowest BCUT2D eigenvalue weighted by Gasteiger charge is -2.33. The summed E-state index contributed by atoms with van der Waals surface area (Å²) in [4.78, 5) is 58.7. The van der Waals surface area contributed by atoms with E-state index in [2.05, 4.69) is 25.9 Å². The first kappa shape index (κ1) is 31.6. The zero-order valence-corrected chi connectivity index (χ0v) is 22.9. The van der Waals surface area contributed by atoms with E-state index in [-0.39, 0.29) is 11.6 Å². The van der Waals surface area contributed by atoms with Crippen LogP contribution in [0.3, 0.4) is 0 Å². The zero-order chi connectivity index (χ0) is 31.6. The lowest BCUT2D eigenvalue weighted by molar-refractivity contribution is -0.158. The van der Waals surface area contributed by atoms with Gasteiger partial charge in [0.05, 0.1) is 24.0 Å². The summed E-state index contributed by atoms with van der Waals surface area (Å²) >= 11 is 0. The third-order valence-electron chi connectivity index (χ3n) is 7.51. The van der Waals surface area contributed by atoms with Gasteiger partial charge >= 0.3 is 5.97 Å². The van der Waals surface area contributed by atoms with Gasteiger partial charge in [-0.05, 0) is 37.8 Å². The molecule has 0 spiro atoms. The Kier molecular flexibility index (Phi) is 9.47. The first-order valence-corrected chi connectivity index (χ1v) is 13.4. The number of ether oxygens (including phenoxy) is 1. The van der Waals surface area contributed by atoms with Gasteiger partial charge in [0.1, 0.15) is 17.9 Å². The highest BCUT2D eigenvalue weighted by Gasteiger charge is 2.43. The Morgan fingerprint density at radius 2 is 1.77 bits per heavy atom. The lowest BCUT2D eigenvalue weighted by Crippen LogP contribution is -2.57. The number of carbonyl (C=O) groups excluding carboxylic acids is 4. The standard InChI is InChI=1S/C27H29F4N5O7/c1-10-21(38)15(8-13-17(28)18(29)23(31)36-22(13)30)34-25(40)14(9-33-26(41)20-16(37)4-3-7-32-20)11(2)43-27(42)19(12-5-6-12)35-24(10)39/h3-4,7,10-12,14-15,19,21,37-38H,5-6,8-9H2,1-2H3,(H,33,41)(H,34,40)(H,35,39)/t10-,11-,14+,15+,19?,21+/m1/s1. The molecule has 3 heterocycles. The molecule has 1 saturated carbocycles. The molecule has 2 aromatic heterocycles. The number of esters is 1. The number of rotatable bonds is 6. The Morgan fingerprint density at radius 3 is 2.42 bits per heavy atom. The van der Waals surface area contributed by atoms with Gasteiger partial charge in [-0.1, -0.05) is 6.92 Å². The Morgan fingerprint density at radius 1 is 1.07 bits per heavy atom. The SMILES string of the molecule is C[C@H]1OC(=O)C(C2CC2)NC(=O)[C@H](C)[C@H](O)[C@H](Cc2c(F)nc(F)c(F)c2F)NC(=O)[C@H]1CNC(=O)c1ncccc1O. The maximum atomic E-state index is 14.6. The topological polar surface area (TPSA) is 180 Å². The van der Waals surface area contributed by atoms with Crippen LogP contribution >= 0.6 is 0 Å². The summed E-state index contributed by atoms with van der Waals surface area (Å²) in [6.07, 6.45) is -1.68. The van der Waals surface area contributed by atoms with Gasteiger partial charge in [0.2, 0.25) is 23.6 Å². The van der Waals surface area contributed by atoms with Crippen molar-refractivity contribution in [2.24, 2.45) is 17.8 Å². The first-order valence-electron chi connectivity index (χ1n) is 13.4. The Labute approximate surface area is 242 Å². The molecular formula is C27H29F4N5O7. The van der Waals surface area contributed by atoms with Crippen molar-refractivity contribution in [1.29, 1.82) is 0 Å². The number of aromatic nitrogens is 2. The van der Waals surface area contributed by atoms with Crippen LogP contribution in [0.15, 0.2) is 18.3 Å². The quantitative estimate of drug-likeness (QED) is 0.178. The van der Waals surface area contributed by atoms with Crippen molar-refractivity contribution in [2.75, 3.05) is 6.54 Å². The molecule has 0 aromatic carbocycles. The Balaban J connectivity index is 1.68. The number of amides is 3. The third kappa shape index (κ3) is 7.01. The van der Waals surface area contributed by atoms with E-state index < -0.39 is 108 Å². The number of cyclic esters (lactones) is 1. The molecule has 3 amide bonds. The summed E-state index contributed by atoms with van der Waals surface area (Å²) in [5.41, 5.74) is -1.47. The number of halogens is 4. The smallest absolute Gasteiger partial charge is 0.329 e. The highest BCUT2D eigenvalue weighted by molar-refractivity contribution is 5.95. The van der Waals surface area contributed by atoms with E-state index in [0.717, 1.165) is 0 Å².